The maximum Gasteiger partial charge on any atom is 0.246 e. The molecule has 1 aliphatic carbocycles. The molecule has 0 spiro atoms. The molecule has 3 heterocycles. The smallest absolute Gasteiger partial charge is 0.246 e. The summed E-state index contributed by atoms with van der Waals surface area (Å²) in [5, 5.41) is 5.73. The van der Waals surface area contributed by atoms with E-state index in [1.807, 2.05) is 70.3 Å². The number of carbonyl (C=O) groups is 1. The molecule has 2 aromatic carbocycles. The van der Waals surface area contributed by atoms with E-state index >= 15 is 0 Å². The van der Waals surface area contributed by atoms with Crippen LogP contribution in [-0.2, 0) is 4.79 Å². The largest absolute Gasteiger partial charge is 0.457 e. The number of benzene rings is 2. The molecule has 1 saturated heterocycles. The normalized spacial score (nSPS) is 17.9. The van der Waals surface area contributed by atoms with Crippen molar-refractivity contribution in [1.29, 1.82) is 0 Å². The molecular formula is C31H35N7O2. The fourth-order valence-electron chi connectivity index (χ4n) is 5.51. The van der Waals surface area contributed by atoms with E-state index in [-0.39, 0.29) is 11.9 Å². The van der Waals surface area contributed by atoms with Gasteiger partial charge in [-0.2, -0.15) is 5.10 Å². The molecule has 0 radical (unpaired) electrons. The summed E-state index contributed by atoms with van der Waals surface area (Å²) in [6.45, 7) is 2.11. The number of amides is 1. The average Bonchev–Trinajstić information content (AvgIpc) is 3.34. The van der Waals surface area contributed by atoms with Crippen LogP contribution in [0.15, 0.2) is 73.1 Å². The van der Waals surface area contributed by atoms with E-state index in [4.69, 9.17) is 15.6 Å². The third-order valence-electron chi connectivity index (χ3n) is 8.03. The van der Waals surface area contributed by atoms with Gasteiger partial charge < -0.3 is 15.4 Å². The Morgan fingerprint density at radius 1 is 1.05 bits per heavy atom. The SMILES string of the molecule is CN(C/C=C/C(=O)N1CCC[C@@H](n2nc(-c3ccc(Oc4ccccc4)cc3)c3c(N)ncnc32)C1)C1CCC1. The van der Waals surface area contributed by atoms with Crippen LogP contribution in [0.25, 0.3) is 22.3 Å². The minimum Gasteiger partial charge on any atom is -0.457 e. The molecule has 206 valence electrons. The highest BCUT2D eigenvalue weighted by atomic mass is 16.5. The van der Waals surface area contributed by atoms with Crippen molar-refractivity contribution < 1.29 is 9.53 Å². The lowest BCUT2D eigenvalue weighted by molar-refractivity contribution is -0.127. The highest BCUT2D eigenvalue weighted by molar-refractivity contribution is 5.98. The Kier molecular flexibility index (Phi) is 7.46. The van der Waals surface area contributed by atoms with E-state index in [1.165, 1.54) is 25.6 Å². The first kappa shape index (κ1) is 26.0. The van der Waals surface area contributed by atoms with Crippen LogP contribution >= 0.6 is 0 Å². The topological polar surface area (TPSA) is 102 Å². The minimum atomic E-state index is -0.00464. The molecule has 1 saturated carbocycles. The highest BCUT2D eigenvalue weighted by Gasteiger charge is 2.28. The van der Waals surface area contributed by atoms with Crippen LogP contribution in [0.4, 0.5) is 5.82 Å². The second-order valence-electron chi connectivity index (χ2n) is 10.7. The number of aromatic nitrogens is 4. The first-order valence-corrected chi connectivity index (χ1v) is 14.0. The van der Waals surface area contributed by atoms with Crippen LogP contribution in [0.2, 0.25) is 0 Å². The van der Waals surface area contributed by atoms with Gasteiger partial charge in [0.15, 0.2) is 5.65 Å². The molecule has 6 rings (SSSR count). The fraction of sp³-hybridized carbons (Fsp3) is 0.355. The van der Waals surface area contributed by atoms with Gasteiger partial charge in [-0.1, -0.05) is 30.7 Å². The third kappa shape index (κ3) is 5.42. The van der Waals surface area contributed by atoms with Crippen molar-refractivity contribution in [3.8, 4) is 22.8 Å². The van der Waals surface area contributed by atoms with E-state index in [9.17, 15) is 4.79 Å². The molecule has 0 unspecified atom stereocenters. The number of likely N-dealkylation sites (N-methyl/N-ethyl adjacent to an activating group) is 1. The van der Waals surface area contributed by atoms with Crippen molar-refractivity contribution in [2.24, 2.45) is 0 Å². The molecule has 2 fully saturated rings. The Morgan fingerprint density at radius 2 is 1.82 bits per heavy atom. The van der Waals surface area contributed by atoms with Crippen molar-refractivity contribution in [2.45, 2.75) is 44.2 Å². The van der Waals surface area contributed by atoms with E-state index in [2.05, 4.69) is 21.9 Å². The minimum absolute atomic E-state index is 0.00464. The number of piperidine rings is 1. The zero-order valence-electron chi connectivity index (χ0n) is 22.8. The molecule has 0 bridgehead atoms. The van der Waals surface area contributed by atoms with Gasteiger partial charge in [-0.15, -0.1) is 0 Å². The van der Waals surface area contributed by atoms with E-state index in [1.54, 1.807) is 6.08 Å². The summed E-state index contributed by atoms with van der Waals surface area (Å²) in [6, 6.07) is 18.1. The Hall–Kier alpha value is -4.24. The number of carbonyl (C=O) groups excluding carboxylic acids is 1. The van der Waals surface area contributed by atoms with Gasteiger partial charge in [0.25, 0.3) is 0 Å². The molecule has 2 aliphatic rings. The van der Waals surface area contributed by atoms with Crippen molar-refractivity contribution >= 4 is 22.8 Å². The molecule has 9 nitrogen and oxygen atoms in total. The average molecular weight is 538 g/mol. The first-order chi connectivity index (χ1) is 19.6. The lowest BCUT2D eigenvalue weighted by atomic mass is 9.92. The van der Waals surface area contributed by atoms with Crippen LogP contribution in [-0.4, -0.2) is 68.2 Å². The maximum atomic E-state index is 13.1. The van der Waals surface area contributed by atoms with E-state index < -0.39 is 0 Å². The number of nitrogens with zero attached hydrogens (tertiary/aromatic N) is 6. The molecule has 2 aromatic heterocycles. The molecule has 40 heavy (non-hydrogen) atoms. The molecule has 1 aliphatic heterocycles. The van der Waals surface area contributed by atoms with Gasteiger partial charge in [0.2, 0.25) is 5.91 Å². The predicted molar refractivity (Wildman–Crippen MR) is 156 cm³/mol. The fourth-order valence-corrected chi connectivity index (χ4v) is 5.51. The van der Waals surface area contributed by atoms with Gasteiger partial charge in [-0.05, 0) is 69.1 Å². The summed E-state index contributed by atoms with van der Waals surface area (Å²) < 4.78 is 7.89. The second kappa shape index (κ2) is 11.5. The van der Waals surface area contributed by atoms with Gasteiger partial charge >= 0.3 is 0 Å². The van der Waals surface area contributed by atoms with Gasteiger partial charge in [-0.3, -0.25) is 9.69 Å². The van der Waals surface area contributed by atoms with Crippen LogP contribution in [0.3, 0.4) is 0 Å². The number of hydrogen-bond acceptors (Lipinski definition) is 7. The number of fused-ring (bicyclic) bond motifs is 1. The molecular weight excluding hydrogens is 502 g/mol. The van der Waals surface area contributed by atoms with Gasteiger partial charge in [-0.25, -0.2) is 14.6 Å². The summed E-state index contributed by atoms with van der Waals surface area (Å²) in [5.74, 6) is 1.94. The third-order valence-corrected chi connectivity index (χ3v) is 8.03. The van der Waals surface area contributed by atoms with Crippen molar-refractivity contribution in [1.82, 2.24) is 29.5 Å². The zero-order chi connectivity index (χ0) is 27.5. The number of ether oxygens (including phenoxy) is 1. The Morgan fingerprint density at radius 3 is 2.58 bits per heavy atom. The monoisotopic (exact) mass is 537 g/mol. The molecule has 2 N–H and O–H groups in total. The van der Waals surface area contributed by atoms with Gasteiger partial charge in [0.05, 0.1) is 11.4 Å². The summed E-state index contributed by atoms with van der Waals surface area (Å²) in [7, 11) is 2.13. The first-order valence-electron chi connectivity index (χ1n) is 14.0. The number of para-hydroxylation sites is 1. The number of anilines is 1. The number of likely N-dealkylation sites (tertiary alicyclic amines) is 1. The number of rotatable bonds is 8. The summed E-state index contributed by atoms with van der Waals surface area (Å²) >= 11 is 0. The molecule has 4 aromatic rings. The number of nitrogen functional groups attached to an aromatic ring is 1. The van der Waals surface area contributed by atoms with Crippen LogP contribution < -0.4 is 10.5 Å². The predicted octanol–water partition coefficient (Wildman–Crippen LogP) is 5.07. The quantitative estimate of drug-likeness (QED) is 0.313. The summed E-state index contributed by atoms with van der Waals surface area (Å²) in [5.41, 5.74) is 8.66. The van der Waals surface area contributed by atoms with Crippen molar-refractivity contribution in [3.63, 3.8) is 0 Å². The molecule has 9 heteroatoms. The Bertz CT molecular complexity index is 1500. The van der Waals surface area contributed by atoms with Crippen LogP contribution in [0, 0.1) is 0 Å². The van der Waals surface area contributed by atoms with Crippen LogP contribution in [0.5, 0.6) is 11.5 Å². The Balaban J connectivity index is 1.21. The highest BCUT2D eigenvalue weighted by Crippen LogP contribution is 2.35. The lowest BCUT2D eigenvalue weighted by Gasteiger charge is -2.34. The van der Waals surface area contributed by atoms with Crippen molar-refractivity contribution in [2.75, 3.05) is 32.4 Å². The van der Waals surface area contributed by atoms with Crippen molar-refractivity contribution in [3.05, 3.63) is 73.1 Å². The van der Waals surface area contributed by atoms with E-state index in [0.29, 0.717) is 24.1 Å². The van der Waals surface area contributed by atoms with Gasteiger partial charge in [0.1, 0.15) is 29.3 Å². The Labute approximate surface area is 234 Å². The van der Waals surface area contributed by atoms with Crippen LogP contribution in [0.1, 0.15) is 38.1 Å². The lowest BCUT2D eigenvalue weighted by Crippen LogP contribution is -2.40. The standard InChI is InChI=1S/C31H35N7O2/c1-36(23-8-5-9-23)18-7-13-27(39)37-19-6-10-24(20-37)38-31-28(30(32)33-21-34-31)29(35-38)22-14-16-26(17-15-22)40-25-11-3-2-4-12-25/h2-4,7,11-17,21,23-24H,5-6,8-10,18-20H2,1H3,(H2,32,33,34)/b13-7+/t24-/m1/s1. The van der Waals surface area contributed by atoms with E-state index in [0.717, 1.165) is 54.1 Å². The second-order valence-corrected chi connectivity index (χ2v) is 10.7. The number of hydrogen-bond donors (Lipinski definition) is 1. The summed E-state index contributed by atoms with van der Waals surface area (Å²) in [4.78, 5) is 26.1. The zero-order valence-corrected chi connectivity index (χ0v) is 22.8. The number of nitrogens with two attached hydrogens (primary N) is 1. The maximum absolute atomic E-state index is 13.1. The molecule has 1 amide bonds. The molecule has 1 atom stereocenters. The summed E-state index contributed by atoms with van der Waals surface area (Å²) in [6.07, 6.45) is 10.8. The van der Waals surface area contributed by atoms with Gasteiger partial charge in [0, 0.05) is 37.3 Å².